The highest BCUT2D eigenvalue weighted by Gasteiger charge is 2.25. The van der Waals surface area contributed by atoms with Crippen LogP contribution >= 0.6 is 24.0 Å². The maximum Gasteiger partial charge on any atom is 0.156 e. The van der Waals surface area contributed by atoms with Crippen molar-refractivity contribution in [3.8, 4) is 0 Å². The van der Waals surface area contributed by atoms with Crippen molar-refractivity contribution < 1.29 is 4.79 Å². The monoisotopic (exact) mass is 277 g/mol. The van der Waals surface area contributed by atoms with Gasteiger partial charge in [0.2, 0.25) is 0 Å². The van der Waals surface area contributed by atoms with Crippen molar-refractivity contribution >= 4 is 29.8 Å². The number of rotatable bonds is 3. The lowest BCUT2D eigenvalue weighted by molar-refractivity contribution is -0.123. The quantitative estimate of drug-likeness (QED) is 0.856. The second-order valence-electron chi connectivity index (χ2n) is 5.31. The molecule has 0 aromatic heterocycles. The van der Waals surface area contributed by atoms with Gasteiger partial charge in [0.05, 0.1) is 6.04 Å². The molecule has 4 heteroatoms. The molecule has 0 heterocycles. The molecular formula is C13H21Cl2NO. The largest absolute Gasteiger partial charge is 0.303 e. The van der Waals surface area contributed by atoms with Gasteiger partial charge in [0.1, 0.15) is 0 Å². The molecule has 0 unspecified atom stereocenters. The molecule has 2 atom stereocenters. The molecule has 17 heavy (non-hydrogen) atoms. The maximum atomic E-state index is 12.1. The molecule has 0 saturated heterocycles. The first-order chi connectivity index (χ1) is 7.29. The molecule has 0 amide bonds. The molecule has 0 aromatic rings. The fourth-order valence-corrected chi connectivity index (χ4v) is 2.12. The highest BCUT2D eigenvalue weighted by Crippen LogP contribution is 2.21. The van der Waals surface area contributed by atoms with Crippen LogP contribution in [0.4, 0.5) is 0 Å². The van der Waals surface area contributed by atoms with Gasteiger partial charge in [-0.05, 0) is 40.2 Å². The molecule has 0 fully saturated rings. The fraction of sp³-hybridized carbons (Fsp3) is 0.615. The first kappa shape index (κ1) is 16.7. The Labute approximate surface area is 115 Å². The van der Waals surface area contributed by atoms with Gasteiger partial charge >= 0.3 is 0 Å². The lowest BCUT2D eigenvalue weighted by atomic mass is 9.91. The van der Waals surface area contributed by atoms with Gasteiger partial charge in [0, 0.05) is 16.5 Å². The van der Waals surface area contributed by atoms with Crippen LogP contribution in [0.3, 0.4) is 0 Å². The summed E-state index contributed by atoms with van der Waals surface area (Å²) in [6.45, 7) is 8.08. The summed E-state index contributed by atoms with van der Waals surface area (Å²) in [6, 6.07) is -0.141. The standard InChI is InChI=1S/C13H20ClNO.ClH/c1-9(15-13(2,3)4)12(16)10-6-5-7-11(14)8-10;/h5,7-10,15H,6H2,1-4H3;1H/t9-,10-;/m0./s1. The van der Waals surface area contributed by atoms with Gasteiger partial charge < -0.3 is 5.32 Å². The van der Waals surface area contributed by atoms with E-state index >= 15 is 0 Å². The Balaban J connectivity index is 0.00000256. The summed E-state index contributed by atoms with van der Waals surface area (Å²) >= 11 is 5.89. The van der Waals surface area contributed by atoms with E-state index in [1.54, 1.807) is 0 Å². The summed E-state index contributed by atoms with van der Waals surface area (Å²) in [5.74, 6) is 0.125. The van der Waals surface area contributed by atoms with E-state index in [-0.39, 0.29) is 35.7 Å². The molecule has 0 aromatic carbocycles. The molecular weight excluding hydrogens is 257 g/mol. The highest BCUT2D eigenvalue weighted by molar-refractivity contribution is 6.31. The van der Waals surface area contributed by atoms with Gasteiger partial charge in [-0.2, -0.15) is 0 Å². The number of nitrogens with one attached hydrogen (secondary N) is 1. The first-order valence-electron chi connectivity index (χ1n) is 5.65. The number of carbonyl (C=O) groups is 1. The third kappa shape index (κ3) is 5.71. The van der Waals surface area contributed by atoms with Gasteiger partial charge in [0.15, 0.2) is 5.78 Å². The van der Waals surface area contributed by atoms with Crippen molar-refractivity contribution in [3.05, 3.63) is 23.3 Å². The molecule has 0 saturated carbocycles. The molecule has 1 N–H and O–H groups in total. The zero-order valence-electron chi connectivity index (χ0n) is 10.8. The van der Waals surface area contributed by atoms with Crippen LogP contribution in [0.5, 0.6) is 0 Å². The Bertz CT molecular complexity index is 329. The number of ketones is 1. The topological polar surface area (TPSA) is 29.1 Å². The average Bonchev–Trinajstić information content (AvgIpc) is 2.14. The number of Topliss-reactive ketones (excluding diaryl/α,β-unsaturated/α-hetero) is 1. The van der Waals surface area contributed by atoms with Gasteiger partial charge in [0.25, 0.3) is 0 Å². The zero-order valence-corrected chi connectivity index (χ0v) is 12.4. The van der Waals surface area contributed by atoms with E-state index in [0.29, 0.717) is 5.03 Å². The minimum Gasteiger partial charge on any atom is -0.303 e. The predicted octanol–water partition coefficient (Wildman–Crippen LogP) is 3.45. The van der Waals surface area contributed by atoms with E-state index in [0.717, 1.165) is 6.42 Å². The lowest BCUT2D eigenvalue weighted by Gasteiger charge is -2.27. The van der Waals surface area contributed by atoms with E-state index < -0.39 is 0 Å². The second kappa shape index (κ2) is 6.58. The van der Waals surface area contributed by atoms with Gasteiger partial charge in [-0.15, -0.1) is 12.4 Å². The van der Waals surface area contributed by atoms with Crippen molar-refractivity contribution in [2.45, 2.75) is 45.7 Å². The first-order valence-corrected chi connectivity index (χ1v) is 6.02. The predicted molar refractivity (Wildman–Crippen MR) is 75.8 cm³/mol. The van der Waals surface area contributed by atoms with Crippen molar-refractivity contribution in [1.82, 2.24) is 5.32 Å². The summed E-state index contributed by atoms with van der Waals surface area (Å²) in [5, 5.41) is 3.94. The molecule has 2 nitrogen and oxygen atoms in total. The summed E-state index contributed by atoms with van der Waals surface area (Å²) < 4.78 is 0. The van der Waals surface area contributed by atoms with Crippen molar-refractivity contribution in [3.63, 3.8) is 0 Å². The fourth-order valence-electron chi connectivity index (χ4n) is 1.88. The molecule has 0 spiro atoms. The Kier molecular flexibility index (Phi) is 6.46. The molecule has 1 aliphatic rings. The smallest absolute Gasteiger partial charge is 0.156 e. The van der Waals surface area contributed by atoms with Crippen LogP contribution in [-0.4, -0.2) is 17.4 Å². The normalized spacial score (nSPS) is 21.5. The van der Waals surface area contributed by atoms with E-state index in [1.165, 1.54) is 0 Å². The van der Waals surface area contributed by atoms with E-state index in [2.05, 4.69) is 26.1 Å². The molecule has 0 bridgehead atoms. The van der Waals surface area contributed by atoms with Crippen LogP contribution in [0.1, 0.15) is 34.1 Å². The van der Waals surface area contributed by atoms with Crippen LogP contribution in [0.25, 0.3) is 0 Å². The number of hydrogen-bond donors (Lipinski definition) is 1. The number of hydrogen-bond acceptors (Lipinski definition) is 2. The van der Waals surface area contributed by atoms with Gasteiger partial charge in [-0.3, -0.25) is 4.79 Å². The zero-order chi connectivity index (χ0) is 12.3. The Hall–Kier alpha value is -0.310. The van der Waals surface area contributed by atoms with Crippen molar-refractivity contribution in [2.24, 2.45) is 5.92 Å². The lowest BCUT2D eigenvalue weighted by Crippen LogP contribution is -2.47. The third-order valence-electron chi connectivity index (χ3n) is 2.47. The molecule has 98 valence electrons. The van der Waals surface area contributed by atoms with Crippen LogP contribution < -0.4 is 5.32 Å². The number of carbonyl (C=O) groups excluding carboxylic acids is 1. The van der Waals surface area contributed by atoms with Crippen molar-refractivity contribution in [1.29, 1.82) is 0 Å². The third-order valence-corrected chi connectivity index (χ3v) is 2.72. The van der Waals surface area contributed by atoms with Gasteiger partial charge in [-0.25, -0.2) is 0 Å². The second-order valence-corrected chi connectivity index (χ2v) is 5.75. The molecule has 0 radical (unpaired) electrons. The maximum absolute atomic E-state index is 12.1. The van der Waals surface area contributed by atoms with Gasteiger partial charge in [-0.1, -0.05) is 23.8 Å². The summed E-state index contributed by atoms with van der Waals surface area (Å²) in [5.41, 5.74) is -0.0485. The SMILES string of the molecule is C[C@H](NC(C)(C)C)C(=O)[C@@H]1C=C(Cl)C=CC1.Cl. The van der Waals surface area contributed by atoms with Crippen LogP contribution in [0.2, 0.25) is 0 Å². The Morgan fingerprint density at radius 1 is 1.53 bits per heavy atom. The van der Waals surface area contributed by atoms with Crippen LogP contribution in [0, 0.1) is 5.92 Å². The van der Waals surface area contributed by atoms with E-state index in [4.69, 9.17) is 11.6 Å². The van der Waals surface area contributed by atoms with Crippen molar-refractivity contribution in [2.75, 3.05) is 0 Å². The Morgan fingerprint density at radius 3 is 2.59 bits per heavy atom. The molecule has 1 aliphatic carbocycles. The molecule has 1 rings (SSSR count). The summed E-state index contributed by atoms with van der Waals surface area (Å²) in [6.07, 6.45) is 6.39. The number of halogens is 2. The van der Waals surface area contributed by atoms with E-state index in [9.17, 15) is 4.79 Å². The van der Waals surface area contributed by atoms with Crippen LogP contribution in [-0.2, 0) is 4.79 Å². The summed E-state index contributed by atoms with van der Waals surface area (Å²) in [7, 11) is 0. The van der Waals surface area contributed by atoms with Crippen LogP contribution in [0.15, 0.2) is 23.3 Å². The minimum atomic E-state index is -0.141. The number of allylic oxidation sites excluding steroid dienone is 4. The molecule has 0 aliphatic heterocycles. The van der Waals surface area contributed by atoms with E-state index in [1.807, 2.05) is 25.2 Å². The minimum absolute atomic E-state index is 0. The highest BCUT2D eigenvalue weighted by atomic mass is 35.5. The summed E-state index contributed by atoms with van der Waals surface area (Å²) in [4.78, 5) is 12.1. The Morgan fingerprint density at radius 2 is 2.12 bits per heavy atom. The average molecular weight is 278 g/mol.